The maximum absolute atomic E-state index is 2.20. The van der Waals surface area contributed by atoms with E-state index >= 15 is 0 Å². The molecule has 0 bridgehead atoms. The number of benzene rings is 1. The molecule has 0 N–H and O–H groups in total. The Morgan fingerprint density at radius 2 is 2.00 bits per heavy atom. The molecule has 2 rings (SSSR count). The van der Waals surface area contributed by atoms with Crippen LogP contribution in [-0.2, 0) is 7.05 Å². The number of hydrogen-bond donors (Lipinski definition) is 0. The van der Waals surface area contributed by atoms with Crippen molar-refractivity contribution in [2.45, 2.75) is 0 Å². The first-order valence-corrected chi connectivity index (χ1v) is 3.80. The Hall–Kier alpha value is -1.18. The molecule has 2 heteroatoms. The summed E-state index contributed by atoms with van der Waals surface area (Å²) in [5.41, 5.74) is 2.62. The molecule has 0 aliphatic carbocycles. The van der Waals surface area contributed by atoms with Crippen molar-refractivity contribution in [2.75, 3.05) is 0 Å². The highest BCUT2D eigenvalue weighted by atomic mass is 14.9. The molecule has 1 aromatic heterocycles. The van der Waals surface area contributed by atoms with Crippen LogP contribution in [0.4, 0.5) is 0 Å². The van der Waals surface area contributed by atoms with E-state index in [1.54, 1.807) is 0 Å². The summed E-state index contributed by atoms with van der Waals surface area (Å²) in [6.45, 7) is 0. The van der Waals surface area contributed by atoms with Gasteiger partial charge in [0.1, 0.15) is 0 Å². The van der Waals surface area contributed by atoms with E-state index in [1.807, 2.05) is 0 Å². The van der Waals surface area contributed by atoms with Gasteiger partial charge in [-0.1, -0.05) is 18.2 Å². The van der Waals surface area contributed by atoms with E-state index < -0.39 is 0 Å². The maximum atomic E-state index is 2.20. The highest BCUT2D eigenvalue weighted by molar-refractivity contribution is 6.32. The van der Waals surface area contributed by atoms with Crippen molar-refractivity contribution in [1.29, 1.82) is 0 Å². The molecule has 0 amide bonds. The molecule has 0 aliphatic rings. The van der Waals surface area contributed by atoms with Crippen LogP contribution >= 0.6 is 0 Å². The predicted octanol–water partition coefficient (Wildman–Crippen LogP) is 0.437. The first kappa shape index (κ1) is 6.53. The fourth-order valence-corrected chi connectivity index (χ4v) is 1.43. The molecule has 0 spiro atoms. The first-order chi connectivity index (χ1) is 5.29. The van der Waals surface area contributed by atoms with Crippen molar-refractivity contribution in [1.82, 2.24) is 4.57 Å². The lowest BCUT2D eigenvalue weighted by atomic mass is 10.1. The second-order valence-electron chi connectivity index (χ2n) is 2.90. The van der Waals surface area contributed by atoms with Gasteiger partial charge in [0.15, 0.2) is 7.85 Å². The average Bonchev–Trinajstić information content (AvgIpc) is 2.30. The summed E-state index contributed by atoms with van der Waals surface area (Å²) in [4.78, 5) is 0. The van der Waals surface area contributed by atoms with Crippen molar-refractivity contribution in [2.24, 2.45) is 7.05 Å². The third-order valence-electron chi connectivity index (χ3n) is 2.19. The van der Waals surface area contributed by atoms with Crippen LogP contribution < -0.4 is 5.59 Å². The molecule has 0 aliphatic heterocycles. The highest BCUT2D eigenvalue weighted by Gasteiger charge is 1.98. The number of nitrogens with zero attached hydrogens (tertiary/aromatic N) is 1. The van der Waals surface area contributed by atoms with Gasteiger partial charge in [0.2, 0.25) is 0 Å². The minimum Gasteiger partial charge on any atom is -0.357 e. The number of hydrogen-bond acceptors (Lipinski definition) is 0. The largest absolute Gasteiger partial charge is 0.357 e. The highest BCUT2D eigenvalue weighted by Crippen LogP contribution is 2.10. The molecule has 54 valence electrons. The molecular weight excluding hydrogens is 133 g/mol. The van der Waals surface area contributed by atoms with E-state index in [2.05, 4.69) is 49.8 Å². The lowest BCUT2D eigenvalue weighted by Crippen LogP contribution is -2.11. The second-order valence-corrected chi connectivity index (χ2v) is 2.90. The Morgan fingerprint density at radius 1 is 1.27 bits per heavy atom. The number of fused-ring (bicyclic) bond motifs is 1. The molecule has 0 unspecified atom stereocenters. The van der Waals surface area contributed by atoms with Gasteiger partial charge in [0.25, 0.3) is 0 Å². The van der Waals surface area contributed by atoms with Gasteiger partial charge in [-0.25, -0.2) is 0 Å². The van der Waals surface area contributed by atoms with Crippen LogP contribution in [0.25, 0.3) is 10.9 Å². The van der Waals surface area contributed by atoms with Gasteiger partial charge in [-0.2, -0.15) is 0 Å². The third kappa shape index (κ3) is 0.863. The molecule has 11 heavy (non-hydrogen) atoms. The smallest absolute Gasteiger partial charge is 0.161 e. The Kier molecular flexibility index (Phi) is 1.28. The van der Waals surface area contributed by atoms with Crippen molar-refractivity contribution < 1.29 is 0 Å². The van der Waals surface area contributed by atoms with Gasteiger partial charge in [-0.3, -0.25) is 0 Å². The van der Waals surface area contributed by atoms with Crippen LogP contribution in [0.2, 0.25) is 0 Å². The molecule has 0 fully saturated rings. The summed E-state index contributed by atoms with van der Waals surface area (Å²) in [5, 5.41) is 1.33. The summed E-state index contributed by atoms with van der Waals surface area (Å²) >= 11 is 0. The van der Waals surface area contributed by atoms with Crippen molar-refractivity contribution in [3.63, 3.8) is 0 Å². The van der Waals surface area contributed by atoms with Gasteiger partial charge in [0.05, 0.1) is 0 Å². The van der Waals surface area contributed by atoms with E-state index in [9.17, 15) is 0 Å². The predicted molar refractivity (Wildman–Crippen MR) is 51.1 cm³/mol. The minimum absolute atomic E-state index is 1.31. The van der Waals surface area contributed by atoms with Gasteiger partial charge < -0.3 is 4.57 Å². The molecule has 2 aromatic rings. The van der Waals surface area contributed by atoms with Gasteiger partial charge in [-0.15, -0.1) is 0 Å². The normalized spacial score (nSPS) is 10.6. The number of rotatable bonds is 0. The summed E-state index contributed by atoms with van der Waals surface area (Å²) in [6.07, 6.45) is 0. The molecule has 1 nitrogen and oxygen atoms in total. The summed E-state index contributed by atoms with van der Waals surface area (Å²) < 4.78 is 2.20. The van der Waals surface area contributed by atoms with Crippen molar-refractivity contribution in [3.05, 3.63) is 30.3 Å². The third-order valence-corrected chi connectivity index (χ3v) is 2.19. The van der Waals surface area contributed by atoms with Crippen LogP contribution in [0.3, 0.4) is 0 Å². The zero-order chi connectivity index (χ0) is 7.84. The molecule has 0 atom stereocenters. The Morgan fingerprint density at radius 3 is 2.73 bits per heavy atom. The Labute approximate surface area is 67.0 Å². The van der Waals surface area contributed by atoms with Crippen LogP contribution in [0.5, 0.6) is 0 Å². The molecule has 0 radical (unpaired) electrons. The first-order valence-electron chi connectivity index (χ1n) is 3.80. The number of para-hydroxylation sites is 1. The lowest BCUT2D eigenvalue weighted by molar-refractivity contribution is 1.00. The van der Waals surface area contributed by atoms with E-state index in [0.717, 1.165) is 0 Å². The number of aromatic nitrogens is 1. The molecule has 0 saturated heterocycles. The van der Waals surface area contributed by atoms with Gasteiger partial charge >= 0.3 is 0 Å². The van der Waals surface area contributed by atoms with Gasteiger partial charge in [-0.05, 0) is 23.1 Å². The summed E-state index contributed by atoms with van der Waals surface area (Å²) in [5.74, 6) is 0. The van der Waals surface area contributed by atoms with E-state index in [1.165, 1.54) is 16.5 Å². The van der Waals surface area contributed by atoms with E-state index in [-0.39, 0.29) is 0 Å². The van der Waals surface area contributed by atoms with Crippen LogP contribution in [0, 0.1) is 0 Å². The zero-order valence-corrected chi connectivity index (χ0v) is 6.83. The fourth-order valence-electron chi connectivity index (χ4n) is 1.43. The van der Waals surface area contributed by atoms with Crippen LogP contribution in [-0.4, -0.2) is 12.4 Å². The van der Waals surface area contributed by atoms with Gasteiger partial charge in [0, 0.05) is 12.6 Å². The average molecular weight is 143 g/mol. The quantitative estimate of drug-likeness (QED) is 0.471. The zero-order valence-electron chi connectivity index (χ0n) is 6.83. The lowest BCUT2D eigenvalue weighted by Gasteiger charge is -1.96. The van der Waals surface area contributed by atoms with E-state index in [0.29, 0.717) is 0 Å². The summed E-state index contributed by atoms with van der Waals surface area (Å²) in [6, 6.07) is 10.6. The minimum atomic E-state index is 1.31. The molecule has 1 heterocycles. The van der Waals surface area contributed by atoms with Crippen molar-refractivity contribution >= 4 is 24.3 Å². The topological polar surface area (TPSA) is 4.93 Å². The molecule has 1 aromatic carbocycles. The SMILES string of the molecule is Bc1cc2ccccc2n1C. The van der Waals surface area contributed by atoms with Crippen molar-refractivity contribution in [3.8, 4) is 0 Å². The standard InChI is InChI=1S/C9H10BN/c1-11-8-5-3-2-4-7(8)6-9(11)10/h2-6H,10H2,1H3. The Balaban J connectivity index is 2.92. The second kappa shape index (κ2) is 2.16. The van der Waals surface area contributed by atoms with Crippen LogP contribution in [0.1, 0.15) is 0 Å². The van der Waals surface area contributed by atoms with E-state index in [4.69, 9.17) is 0 Å². The maximum Gasteiger partial charge on any atom is 0.161 e. The summed E-state index contributed by atoms with van der Waals surface area (Å²) in [7, 11) is 4.22. The molecule has 0 saturated carbocycles. The molecular formula is C9H10BN. The Bertz CT molecular complexity index is 389. The monoisotopic (exact) mass is 143 g/mol. The van der Waals surface area contributed by atoms with Crippen LogP contribution in [0.15, 0.2) is 30.3 Å². The fraction of sp³-hybridized carbons (Fsp3) is 0.111. The number of aryl methyl sites for hydroxylation is 1.